The summed E-state index contributed by atoms with van der Waals surface area (Å²) >= 11 is 1.22. The minimum absolute atomic E-state index is 0.0628. The zero-order valence-corrected chi connectivity index (χ0v) is 15.4. The zero-order valence-electron chi connectivity index (χ0n) is 14.5. The maximum atomic E-state index is 12.2. The fourth-order valence-electron chi connectivity index (χ4n) is 2.62. The number of carbonyl (C=O) groups is 1. The van der Waals surface area contributed by atoms with Gasteiger partial charge in [0, 0.05) is 17.8 Å². The lowest BCUT2D eigenvalue weighted by Gasteiger charge is -2.08. The normalized spacial score (nSPS) is 10.7. The van der Waals surface area contributed by atoms with Crippen LogP contribution in [0.4, 0.5) is 5.69 Å². The Morgan fingerprint density at radius 2 is 2.07 bits per heavy atom. The maximum Gasteiger partial charge on any atom is 0.338 e. The van der Waals surface area contributed by atoms with Crippen LogP contribution in [-0.4, -0.2) is 26.5 Å². The Hall–Kier alpha value is -3.20. The number of rotatable bonds is 5. The predicted molar refractivity (Wildman–Crippen MR) is 100 cm³/mol. The van der Waals surface area contributed by atoms with Crippen molar-refractivity contribution in [1.82, 2.24) is 9.38 Å². The van der Waals surface area contributed by atoms with Crippen molar-refractivity contribution >= 4 is 29.1 Å². The molecule has 0 bridgehead atoms. The van der Waals surface area contributed by atoms with Gasteiger partial charge in [0.25, 0.3) is 11.2 Å². The topological polar surface area (TPSA) is 104 Å². The molecule has 8 nitrogen and oxygen atoms in total. The van der Waals surface area contributed by atoms with Crippen LogP contribution in [0.25, 0.3) is 5.65 Å². The van der Waals surface area contributed by atoms with Crippen molar-refractivity contribution in [2.75, 3.05) is 6.26 Å². The molecule has 0 aliphatic carbocycles. The first-order chi connectivity index (χ1) is 12.9. The molecule has 0 aliphatic heterocycles. The molecule has 2 heterocycles. The first-order valence-electron chi connectivity index (χ1n) is 7.88. The second kappa shape index (κ2) is 7.58. The average molecular weight is 385 g/mol. The third-order valence-corrected chi connectivity index (χ3v) is 4.68. The highest BCUT2D eigenvalue weighted by Gasteiger charge is 2.18. The van der Waals surface area contributed by atoms with Crippen LogP contribution in [0.3, 0.4) is 0 Å². The van der Waals surface area contributed by atoms with Gasteiger partial charge in [-0.05, 0) is 37.4 Å². The Morgan fingerprint density at radius 3 is 2.78 bits per heavy atom. The van der Waals surface area contributed by atoms with Crippen LogP contribution in [0.15, 0.2) is 52.2 Å². The Bertz CT molecular complexity index is 1110. The Balaban J connectivity index is 1.82. The Labute approximate surface area is 158 Å². The van der Waals surface area contributed by atoms with Gasteiger partial charge in [0.05, 0.1) is 21.1 Å². The first-order valence-corrected chi connectivity index (χ1v) is 9.11. The largest absolute Gasteiger partial charge is 0.456 e. The number of aromatic nitrogens is 2. The van der Waals surface area contributed by atoms with Crippen LogP contribution in [0.1, 0.15) is 21.7 Å². The molecule has 0 atom stereocenters. The maximum absolute atomic E-state index is 12.2. The molecule has 27 heavy (non-hydrogen) atoms. The molecule has 0 aliphatic rings. The van der Waals surface area contributed by atoms with Crippen LogP contribution in [-0.2, 0) is 11.3 Å². The Kier molecular flexibility index (Phi) is 5.22. The van der Waals surface area contributed by atoms with E-state index in [0.29, 0.717) is 16.2 Å². The number of nitro benzene ring substituents is 1. The number of nitro groups is 1. The summed E-state index contributed by atoms with van der Waals surface area (Å²) in [6, 6.07) is 10.7. The van der Waals surface area contributed by atoms with Crippen molar-refractivity contribution in [3.63, 3.8) is 0 Å². The van der Waals surface area contributed by atoms with Crippen LogP contribution in [0.5, 0.6) is 0 Å². The van der Waals surface area contributed by atoms with Crippen LogP contribution < -0.4 is 5.56 Å². The average Bonchev–Trinajstić information content (AvgIpc) is 2.65. The van der Waals surface area contributed by atoms with Gasteiger partial charge in [0.2, 0.25) is 0 Å². The van der Waals surface area contributed by atoms with Crippen LogP contribution >= 0.6 is 11.8 Å². The highest BCUT2D eigenvalue weighted by molar-refractivity contribution is 7.98. The standard InChI is InChI=1S/C18H15N3O5S/c1-11-4-3-5-16-19-13(9-17(22)20(11)16)10-26-18(23)12-6-7-15(27-2)14(8-12)21(24)25/h3-9H,10H2,1-2H3. The van der Waals surface area contributed by atoms with Gasteiger partial charge < -0.3 is 4.74 Å². The lowest BCUT2D eigenvalue weighted by Crippen LogP contribution is -2.18. The van der Waals surface area contributed by atoms with E-state index in [1.54, 1.807) is 31.4 Å². The lowest BCUT2D eigenvalue weighted by molar-refractivity contribution is -0.387. The third-order valence-electron chi connectivity index (χ3n) is 3.90. The monoisotopic (exact) mass is 385 g/mol. The number of pyridine rings is 1. The van der Waals surface area contributed by atoms with Crippen molar-refractivity contribution < 1.29 is 14.5 Å². The molecule has 0 fully saturated rings. The highest BCUT2D eigenvalue weighted by atomic mass is 32.2. The summed E-state index contributed by atoms with van der Waals surface area (Å²) in [5.41, 5.74) is 1.13. The van der Waals surface area contributed by atoms with E-state index >= 15 is 0 Å². The van der Waals surface area contributed by atoms with E-state index in [9.17, 15) is 19.7 Å². The molecule has 3 aromatic rings. The zero-order chi connectivity index (χ0) is 19.6. The van der Waals surface area contributed by atoms with E-state index < -0.39 is 10.9 Å². The number of hydrogen-bond acceptors (Lipinski definition) is 7. The number of carbonyl (C=O) groups excluding carboxylic acids is 1. The second-order valence-corrected chi connectivity index (χ2v) is 6.51. The van der Waals surface area contributed by atoms with Crippen LogP contribution in [0, 0.1) is 17.0 Å². The number of ether oxygens (including phenoxy) is 1. The minimum atomic E-state index is -0.725. The van der Waals surface area contributed by atoms with Crippen molar-refractivity contribution in [3.05, 3.63) is 79.9 Å². The number of benzene rings is 1. The lowest BCUT2D eigenvalue weighted by atomic mass is 10.2. The van der Waals surface area contributed by atoms with Gasteiger partial charge in [-0.1, -0.05) is 6.07 Å². The summed E-state index contributed by atoms with van der Waals surface area (Å²) in [5.74, 6) is -0.725. The summed E-state index contributed by atoms with van der Waals surface area (Å²) in [6.45, 7) is 1.58. The van der Waals surface area contributed by atoms with E-state index in [1.165, 1.54) is 40.4 Å². The number of esters is 1. The summed E-state index contributed by atoms with van der Waals surface area (Å²) in [5, 5.41) is 11.1. The van der Waals surface area contributed by atoms with E-state index in [4.69, 9.17) is 4.74 Å². The van der Waals surface area contributed by atoms with Crippen molar-refractivity contribution in [3.8, 4) is 0 Å². The molecule has 0 spiro atoms. The van der Waals surface area contributed by atoms with E-state index in [-0.39, 0.29) is 23.4 Å². The predicted octanol–water partition coefficient (Wildman–Crippen LogP) is 2.99. The smallest absolute Gasteiger partial charge is 0.338 e. The summed E-state index contributed by atoms with van der Waals surface area (Å²) in [7, 11) is 0. The van der Waals surface area contributed by atoms with Gasteiger partial charge >= 0.3 is 5.97 Å². The molecule has 3 rings (SSSR count). The molecule has 0 saturated heterocycles. The van der Waals surface area contributed by atoms with Gasteiger partial charge in [-0.3, -0.25) is 19.3 Å². The van der Waals surface area contributed by atoms with E-state index in [1.807, 2.05) is 0 Å². The minimum Gasteiger partial charge on any atom is -0.456 e. The molecule has 0 unspecified atom stereocenters. The quantitative estimate of drug-likeness (QED) is 0.288. The molecule has 9 heteroatoms. The molecule has 1 aromatic carbocycles. The summed E-state index contributed by atoms with van der Waals surface area (Å²) in [6.07, 6.45) is 1.71. The molecule has 0 amide bonds. The van der Waals surface area contributed by atoms with Gasteiger partial charge in [0.15, 0.2) is 0 Å². The fourth-order valence-corrected chi connectivity index (χ4v) is 3.17. The molecule has 0 N–H and O–H groups in total. The Morgan fingerprint density at radius 1 is 1.30 bits per heavy atom. The summed E-state index contributed by atoms with van der Waals surface area (Å²) < 4.78 is 6.63. The number of hydrogen-bond donors (Lipinski definition) is 0. The molecule has 2 aromatic heterocycles. The van der Waals surface area contributed by atoms with Gasteiger partial charge in [-0.25, -0.2) is 9.78 Å². The van der Waals surface area contributed by atoms with E-state index in [0.717, 1.165) is 5.69 Å². The molecular weight excluding hydrogens is 370 g/mol. The second-order valence-electron chi connectivity index (χ2n) is 5.67. The SMILES string of the molecule is CSc1ccc(C(=O)OCc2cc(=O)n3c(C)cccc3n2)cc1[N+](=O)[O-]. The number of aryl methyl sites for hydroxylation is 1. The number of nitrogens with zero attached hydrogens (tertiary/aromatic N) is 3. The van der Waals surface area contributed by atoms with Crippen LogP contribution in [0.2, 0.25) is 0 Å². The van der Waals surface area contributed by atoms with Crippen molar-refractivity contribution in [2.24, 2.45) is 0 Å². The third kappa shape index (κ3) is 3.82. The number of thioether (sulfide) groups is 1. The van der Waals surface area contributed by atoms with Gasteiger partial charge in [-0.2, -0.15) is 0 Å². The molecule has 138 valence electrons. The van der Waals surface area contributed by atoms with E-state index in [2.05, 4.69) is 4.98 Å². The van der Waals surface area contributed by atoms with Gasteiger partial charge in [-0.15, -0.1) is 11.8 Å². The van der Waals surface area contributed by atoms with Gasteiger partial charge in [0.1, 0.15) is 12.3 Å². The first kappa shape index (κ1) is 18.6. The molecule has 0 saturated carbocycles. The molecular formula is C18H15N3O5S. The summed E-state index contributed by atoms with van der Waals surface area (Å²) in [4.78, 5) is 39.8. The molecule has 0 radical (unpaired) electrons. The van der Waals surface area contributed by atoms with Crippen molar-refractivity contribution in [2.45, 2.75) is 18.4 Å². The highest BCUT2D eigenvalue weighted by Crippen LogP contribution is 2.28. The van der Waals surface area contributed by atoms with Crippen molar-refractivity contribution in [1.29, 1.82) is 0 Å². The number of fused-ring (bicyclic) bond motifs is 1. The fraction of sp³-hybridized carbons (Fsp3) is 0.167.